The fourth-order valence-electron chi connectivity index (χ4n) is 1.97. The minimum absolute atomic E-state index is 0.133. The van der Waals surface area contributed by atoms with E-state index in [1.807, 2.05) is 13.0 Å². The Morgan fingerprint density at radius 2 is 1.89 bits per heavy atom. The number of hydrogen-bond donors (Lipinski definition) is 1. The molecule has 0 saturated carbocycles. The van der Waals surface area contributed by atoms with E-state index in [1.54, 1.807) is 12.1 Å². The van der Waals surface area contributed by atoms with Crippen LogP contribution in [0.5, 0.6) is 0 Å². The lowest BCUT2D eigenvalue weighted by Crippen LogP contribution is -2.44. The molecule has 1 amide bonds. The molecule has 1 aromatic rings. The first-order chi connectivity index (χ1) is 8.90. The highest BCUT2D eigenvalue weighted by Gasteiger charge is 2.39. The van der Waals surface area contributed by atoms with Crippen molar-refractivity contribution in [1.82, 2.24) is 4.90 Å². The molecule has 102 valence electrons. The van der Waals surface area contributed by atoms with E-state index < -0.39 is 12.0 Å². The molecule has 7 heteroatoms. The Hall–Kier alpha value is -0.530. The Balaban J connectivity index is 2.34. The minimum Gasteiger partial charge on any atom is -0.480 e. The standard InChI is InChI=1S/C12H11Br2NO3S/c1-6-15(10(5-19-6)12(17)18)11(16)7-2-8(13)4-9(14)3-7/h2-4,6,10H,5H2,1H3,(H,17,18). The lowest BCUT2D eigenvalue weighted by atomic mass is 10.1. The number of carbonyl (C=O) groups excluding carboxylic acids is 1. The van der Waals surface area contributed by atoms with Crippen molar-refractivity contribution in [3.63, 3.8) is 0 Å². The van der Waals surface area contributed by atoms with Gasteiger partial charge in [0, 0.05) is 20.3 Å². The van der Waals surface area contributed by atoms with Gasteiger partial charge >= 0.3 is 5.97 Å². The molecule has 1 heterocycles. The van der Waals surface area contributed by atoms with Gasteiger partial charge in [-0.2, -0.15) is 0 Å². The van der Waals surface area contributed by atoms with E-state index in [2.05, 4.69) is 31.9 Å². The molecule has 2 rings (SSSR count). The number of carbonyl (C=O) groups is 2. The Morgan fingerprint density at radius 3 is 2.42 bits per heavy atom. The van der Waals surface area contributed by atoms with Gasteiger partial charge < -0.3 is 10.0 Å². The summed E-state index contributed by atoms with van der Waals surface area (Å²) in [5, 5.41) is 9.05. The van der Waals surface area contributed by atoms with Crippen LogP contribution in [-0.4, -0.2) is 39.1 Å². The van der Waals surface area contributed by atoms with Gasteiger partial charge in [0.1, 0.15) is 6.04 Å². The summed E-state index contributed by atoms with van der Waals surface area (Å²) in [7, 11) is 0. The normalized spacial score (nSPS) is 22.6. The summed E-state index contributed by atoms with van der Waals surface area (Å²) >= 11 is 8.13. The molecule has 0 spiro atoms. The number of halogens is 2. The molecular weight excluding hydrogens is 398 g/mol. The van der Waals surface area contributed by atoms with Crippen molar-refractivity contribution in [3.8, 4) is 0 Å². The highest BCUT2D eigenvalue weighted by atomic mass is 79.9. The van der Waals surface area contributed by atoms with Gasteiger partial charge in [-0.3, -0.25) is 4.79 Å². The van der Waals surface area contributed by atoms with Crippen molar-refractivity contribution in [2.24, 2.45) is 0 Å². The number of rotatable bonds is 2. The predicted octanol–water partition coefficient (Wildman–Crippen LogP) is 3.20. The van der Waals surface area contributed by atoms with Crippen molar-refractivity contribution in [1.29, 1.82) is 0 Å². The van der Waals surface area contributed by atoms with Crippen LogP contribution in [-0.2, 0) is 4.79 Å². The van der Waals surface area contributed by atoms with E-state index in [0.717, 1.165) is 8.95 Å². The summed E-state index contributed by atoms with van der Waals surface area (Å²) in [6.07, 6.45) is 0. The smallest absolute Gasteiger partial charge is 0.327 e. The van der Waals surface area contributed by atoms with Gasteiger partial charge in [0.05, 0.1) is 5.37 Å². The number of hydrogen-bond acceptors (Lipinski definition) is 3. The first-order valence-corrected chi connectivity index (χ1v) is 8.17. The fourth-order valence-corrected chi connectivity index (χ4v) is 4.43. The van der Waals surface area contributed by atoms with Gasteiger partial charge in [-0.05, 0) is 25.1 Å². The zero-order chi connectivity index (χ0) is 14.2. The fraction of sp³-hybridized carbons (Fsp3) is 0.333. The number of aliphatic carboxylic acids is 1. The van der Waals surface area contributed by atoms with Crippen LogP contribution in [0.25, 0.3) is 0 Å². The van der Waals surface area contributed by atoms with E-state index in [1.165, 1.54) is 16.7 Å². The summed E-state index contributed by atoms with van der Waals surface area (Å²) < 4.78 is 1.55. The quantitative estimate of drug-likeness (QED) is 0.816. The van der Waals surface area contributed by atoms with Crippen molar-refractivity contribution in [3.05, 3.63) is 32.7 Å². The van der Waals surface area contributed by atoms with Crippen LogP contribution in [0, 0.1) is 0 Å². The van der Waals surface area contributed by atoms with Crippen LogP contribution in [0.1, 0.15) is 17.3 Å². The molecule has 19 heavy (non-hydrogen) atoms. The third-order valence-corrected chi connectivity index (χ3v) is 4.99. The van der Waals surface area contributed by atoms with Gasteiger partial charge in [0.25, 0.3) is 5.91 Å². The van der Waals surface area contributed by atoms with Crippen LogP contribution in [0.2, 0.25) is 0 Å². The summed E-state index contributed by atoms with van der Waals surface area (Å²) in [5.41, 5.74) is 0.474. The molecule has 0 aliphatic carbocycles. The summed E-state index contributed by atoms with van der Waals surface area (Å²) in [6.45, 7) is 1.85. The molecule has 1 N–H and O–H groups in total. The molecule has 1 saturated heterocycles. The van der Waals surface area contributed by atoms with Crippen LogP contribution in [0.3, 0.4) is 0 Å². The molecule has 2 unspecified atom stereocenters. The SMILES string of the molecule is CC1SCC(C(=O)O)N1C(=O)c1cc(Br)cc(Br)c1. The molecule has 4 nitrogen and oxygen atoms in total. The number of nitrogens with zero attached hydrogens (tertiary/aromatic N) is 1. The van der Waals surface area contributed by atoms with Crippen molar-refractivity contribution in [2.75, 3.05) is 5.75 Å². The molecule has 1 aliphatic rings. The van der Waals surface area contributed by atoms with Crippen LogP contribution in [0.15, 0.2) is 27.1 Å². The lowest BCUT2D eigenvalue weighted by Gasteiger charge is -2.25. The largest absolute Gasteiger partial charge is 0.480 e. The Labute approximate surface area is 131 Å². The van der Waals surface area contributed by atoms with E-state index in [0.29, 0.717) is 11.3 Å². The first-order valence-electron chi connectivity index (χ1n) is 5.53. The number of thioether (sulfide) groups is 1. The highest BCUT2D eigenvalue weighted by molar-refractivity contribution is 9.11. The number of carboxylic acid groups (broad SMARTS) is 1. The van der Waals surface area contributed by atoms with E-state index >= 15 is 0 Å². The van der Waals surface area contributed by atoms with E-state index in [-0.39, 0.29) is 11.3 Å². The molecule has 0 aromatic heterocycles. The molecule has 1 aromatic carbocycles. The number of benzene rings is 1. The highest BCUT2D eigenvalue weighted by Crippen LogP contribution is 2.31. The molecular formula is C12H11Br2NO3S. The summed E-state index contributed by atoms with van der Waals surface area (Å²) in [6, 6.07) is 4.46. The Kier molecular flexibility index (Phi) is 4.58. The monoisotopic (exact) mass is 407 g/mol. The minimum atomic E-state index is -0.959. The second-order valence-electron chi connectivity index (χ2n) is 4.16. The summed E-state index contributed by atoms with van der Waals surface area (Å²) in [4.78, 5) is 25.1. The average Bonchev–Trinajstić information content (AvgIpc) is 2.69. The van der Waals surface area contributed by atoms with E-state index in [4.69, 9.17) is 0 Å². The van der Waals surface area contributed by atoms with Gasteiger partial charge in [-0.25, -0.2) is 4.79 Å². The predicted molar refractivity (Wildman–Crippen MR) is 81.4 cm³/mol. The molecule has 0 bridgehead atoms. The summed E-state index contributed by atoms with van der Waals surface area (Å²) in [5.74, 6) is -0.789. The third-order valence-electron chi connectivity index (χ3n) is 2.85. The second-order valence-corrected chi connectivity index (χ2v) is 7.34. The van der Waals surface area contributed by atoms with Crippen molar-refractivity contribution < 1.29 is 14.7 Å². The van der Waals surface area contributed by atoms with Gasteiger partial charge in [0.15, 0.2) is 0 Å². The average molecular weight is 409 g/mol. The third kappa shape index (κ3) is 3.14. The molecule has 2 atom stereocenters. The topological polar surface area (TPSA) is 57.6 Å². The molecule has 1 aliphatic heterocycles. The van der Waals surface area contributed by atoms with Gasteiger partial charge in [-0.1, -0.05) is 31.9 Å². The zero-order valence-electron chi connectivity index (χ0n) is 9.97. The van der Waals surface area contributed by atoms with Gasteiger partial charge in [-0.15, -0.1) is 11.8 Å². The van der Waals surface area contributed by atoms with Crippen LogP contribution < -0.4 is 0 Å². The van der Waals surface area contributed by atoms with E-state index in [9.17, 15) is 14.7 Å². The lowest BCUT2D eigenvalue weighted by molar-refractivity contribution is -0.141. The zero-order valence-corrected chi connectivity index (χ0v) is 14.0. The Morgan fingerprint density at radius 1 is 1.32 bits per heavy atom. The van der Waals surface area contributed by atoms with Gasteiger partial charge in [0.2, 0.25) is 0 Å². The maximum Gasteiger partial charge on any atom is 0.327 e. The maximum absolute atomic E-state index is 12.5. The molecule has 1 fully saturated rings. The Bertz CT molecular complexity index is 517. The second kappa shape index (κ2) is 5.85. The van der Waals surface area contributed by atoms with Crippen LogP contribution in [0.4, 0.5) is 0 Å². The van der Waals surface area contributed by atoms with Crippen molar-refractivity contribution in [2.45, 2.75) is 18.3 Å². The first kappa shape index (κ1) is 14.9. The number of carboxylic acids is 1. The van der Waals surface area contributed by atoms with Crippen molar-refractivity contribution >= 4 is 55.5 Å². The van der Waals surface area contributed by atoms with Crippen LogP contribution >= 0.6 is 43.6 Å². The molecule has 0 radical (unpaired) electrons. The number of amides is 1. The maximum atomic E-state index is 12.5.